The highest BCUT2D eigenvalue weighted by Gasteiger charge is 2.31. The van der Waals surface area contributed by atoms with Crippen LogP contribution in [-0.2, 0) is 13.2 Å². The van der Waals surface area contributed by atoms with Crippen LogP contribution in [0.5, 0.6) is 0 Å². The largest absolute Gasteiger partial charge is 0.416 e. The zero-order valence-corrected chi connectivity index (χ0v) is 11.7. The minimum Gasteiger partial charge on any atom is -0.331 e. The molecule has 20 heavy (non-hydrogen) atoms. The topological polar surface area (TPSA) is 43.8 Å². The van der Waals surface area contributed by atoms with Gasteiger partial charge >= 0.3 is 6.18 Å². The van der Waals surface area contributed by atoms with Gasteiger partial charge in [-0.25, -0.2) is 4.98 Å². The third-order valence-electron chi connectivity index (χ3n) is 3.63. The summed E-state index contributed by atoms with van der Waals surface area (Å²) < 4.78 is 40.0. The molecular weight excluding hydrogens is 267 g/mol. The fourth-order valence-corrected chi connectivity index (χ4v) is 2.40. The maximum atomic E-state index is 12.7. The van der Waals surface area contributed by atoms with Gasteiger partial charge < -0.3 is 10.3 Å². The molecule has 0 radical (unpaired) electrons. The maximum Gasteiger partial charge on any atom is 0.416 e. The van der Waals surface area contributed by atoms with Crippen molar-refractivity contribution in [2.24, 2.45) is 18.7 Å². The van der Waals surface area contributed by atoms with E-state index in [0.29, 0.717) is 17.6 Å². The fourth-order valence-electron chi connectivity index (χ4n) is 2.40. The van der Waals surface area contributed by atoms with Gasteiger partial charge in [0.1, 0.15) is 5.82 Å². The van der Waals surface area contributed by atoms with Gasteiger partial charge in [-0.2, -0.15) is 13.2 Å². The Balaban J connectivity index is 2.58. The first-order valence-electron chi connectivity index (χ1n) is 6.49. The Morgan fingerprint density at radius 3 is 2.45 bits per heavy atom. The molecule has 1 heterocycles. The van der Waals surface area contributed by atoms with Crippen LogP contribution in [0.2, 0.25) is 0 Å². The van der Waals surface area contributed by atoms with Gasteiger partial charge in [-0.15, -0.1) is 0 Å². The van der Waals surface area contributed by atoms with Crippen molar-refractivity contribution in [1.29, 1.82) is 0 Å². The predicted octanol–water partition coefficient (Wildman–Crippen LogP) is 3.29. The summed E-state index contributed by atoms with van der Waals surface area (Å²) in [5, 5.41) is 0. The molecule has 0 fully saturated rings. The van der Waals surface area contributed by atoms with E-state index in [1.807, 2.05) is 25.5 Å². The molecule has 0 spiro atoms. The van der Waals surface area contributed by atoms with Crippen LogP contribution in [0.4, 0.5) is 13.2 Å². The lowest BCUT2D eigenvalue weighted by molar-refractivity contribution is -0.137. The van der Waals surface area contributed by atoms with E-state index >= 15 is 0 Å². The van der Waals surface area contributed by atoms with Crippen LogP contribution in [0.15, 0.2) is 18.2 Å². The second-order valence-electron chi connectivity index (χ2n) is 5.32. The van der Waals surface area contributed by atoms with Gasteiger partial charge in [0.25, 0.3) is 0 Å². The van der Waals surface area contributed by atoms with E-state index in [4.69, 9.17) is 5.73 Å². The van der Waals surface area contributed by atoms with Crippen molar-refractivity contribution in [3.05, 3.63) is 29.6 Å². The third-order valence-corrected chi connectivity index (χ3v) is 3.63. The Morgan fingerprint density at radius 2 is 1.95 bits per heavy atom. The Labute approximate surface area is 115 Å². The van der Waals surface area contributed by atoms with E-state index in [1.165, 1.54) is 6.07 Å². The van der Waals surface area contributed by atoms with Crippen LogP contribution in [0, 0.1) is 5.92 Å². The molecule has 0 saturated heterocycles. The summed E-state index contributed by atoms with van der Waals surface area (Å²) in [5.74, 6) is 1.04. The number of halogens is 3. The van der Waals surface area contributed by atoms with E-state index in [0.717, 1.165) is 18.0 Å². The van der Waals surface area contributed by atoms with Crippen LogP contribution < -0.4 is 5.73 Å². The van der Waals surface area contributed by atoms with Crippen molar-refractivity contribution in [3.63, 3.8) is 0 Å². The molecule has 6 heteroatoms. The van der Waals surface area contributed by atoms with Crippen molar-refractivity contribution in [2.45, 2.75) is 25.9 Å². The number of fused-ring (bicyclic) bond motifs is 1. The molecule has 1 aromatic heterocycles. The first-order valence-corrected chi connectivity index (χ1v) is 6.49. The van der Waals surface area contributed by atoms with Crippen LogP contribution in [-0.4, -0.2) is 16.1 Å². The van der Waals surface area contributed by atoms with Gasteiger partial charge in [0.15, 0.2) is 0 Å². The molecule has 110 valence electrons. The van der Waals surface area contributed by atoms with Crippen molar-refractivity contribution in [3.8, 4) is 0 Å². The molecule has 2 N–H and O–H groups in total. The van der Waals surface area contributed by atoms with E-state index < -0.39 is 11.7 Å². The first kappa shape index (κ1) is 14.8. The highest BCUT2D eigenvalue weighted by molar-refractivity contribution is 5.77. The molecule has 0 aliphatic carbocycles. The number of alkyl halides is 3. The third kappa shape index (κ3) is 2.52. The van der Waals surface area contributed by atoms with Crippen LogP contribution in [0.25, 0.3) is 11.0 Å². The summed E-state index contributed by atoms with van der Waals surface area (Å²) in [6, 6.07) is 3.63. The maximum absolute atomic E-state index is 12.7. The van der Waals surface area contributed by atoms with Crippen LogP contribution in [0.1, 0.15) is 31.2 Å². The molecule has 0 aliphatic rings. The molecule has 1 aromatic carbocycles. The van der Waals surface area contributed by atoms with Crippen molar-refractivity contribution in [1.82, 2.24) is 9.55 Å². The number of aryl methyl sites for hydroxylation is 1. The van der Waals surface area contributed by atoms with Gasteiger partial charge in [-0.3, -0.25) is 0 Å². The minimum absolute atomic E-state index is 0.0294. The molecule has 2 rings (SSSR count). The Hall–Kier alpha value is -1.56. The lowest BCUT2D eigenvalue weighted by Crippen LogP contribution is -2.21. The molecule has 0 saturated carbocycles. The molecule has 0 aliphatic heterocycles. The van der Waals surface area contributed by atoms with E-state index in [2.05, 4.69) is 4.98 Å². The minimum atomic E-state index is -4.35. The molecule has 3 nitrogen and oxygen atoms in total. The number of hydrogen-bond donors (Lipinski definition) is 1. The molecular formula is C14H18F3N3. The second-order valence-corrected chi connectivity index (χ2v) is 5.32. The number of imidazole rings is 1. The molecule has 1 atom stereocenters. The summed E-state index contributed by atoms with van der Waals surface area (Å²) in [7, 11) is 1.81. The van der Waals surface area contributed by atoms with Crippen LogP contribution in [0.3, 0.4) is 0 Å². The smallest absolute Gasteiger partial charge is 0.331 e. The number of hydrogen-bond acceptors (Lipinski definition) is 2. The van der Waals surface area contributed by atoms with E-state index in [9.17, 15) is 13.2 Å². The van der Waals surface area contributed by atoms with Gasteiger partial charge in [0, 0.05) is 19.5 Å². The molecule has 1 unspecified atom stereocenters. The van der Waals surface area contributed by atoms with Gasteiger partial charge in [-0.1, -0.05) is 13.8 Å². The normalized spacial score (nSPS) is 14.2. The highest BCUT2D eigenvalue weighted by atomic mass is 19.4. The second kappa shape index (κ2) is 5.09. The lowest BCUT2D eigenvalue weighted by atomic mass is 9.95. The average molecular weight is 285 g/mol. The van der Waals surface area contributed by atoms with Gasteiger partial charge in [0.2, 0.25) is 0 Å². The van der Waals surface area contributed by atoms with Crippen molar-refractivity contribution >= 4 is 11.0 Å². The Bertz CT molecular complexity index is 614. The Morgan fingerprint density at radius 1 is 1.30 bits per heavy atom. The quantitative estimate of drug-likeness (QED) is 0.940. The number of nitrogens with zero attached hydrogens (tertiary/aromatic N) is 2. The molecule has 0 amide bonds. The summed E-state index contributed by atoms with van der Waals surface area (Å²) in [4.78, 5) is 4.36. The predicted molar refractivity (Wildman–Crippen MR) is 72.3 cm³/mol. The summed E-state index contributed by atoms with van der Waals surface area (Å²) in [6.45, 7) is 4.47. The number of nitrogens with two attached hydrogens (primary N) is 1. The van der Waals surface area contributed by atoms with Gasteiger partial charge in [-0.05, 0) is 24.1 Å². The van der Waals surface area contributed by atoms with E-state index in [-0.39, 0.29) is 11.8 Å². The van der Waals surface area contributed by atoms with E-state index in [1.54, 1.807) is 0 Å². The summed E-state index contributed by atoms with van der Waals surface area (Å²) in [5.41, 5.74) is 6.13. The summed E-state index contributed by atoms with van der Waals surface area (Å²) in [6.07, 6.45) is -4.35. The van der Waals surface area contributed by atoms with Crippen LogP contribution >= 0.6 is 0 Å². The van der Waals surface area contributed by atoms with Crippen molar-refractivity contribution < 1.29 is 13.2 Å². The molecule has 0 bridgehead atoms. The number of aromatic nitrogens is 2. The first-order chi connectivity index (χ1) is 9.25. The average Bonchev–Trinajstić information content (AvgIpc) is 2.66. The zero-order valence-electron chi connectivity index (χ0n) is 11.7. The SMILES string of the molecule is CC(C)C(CN)c1nc2cc(C(F)(F)F)ccc2n1C. The Kier molecular flexibility index (Phi) is 3.77. The lowest BCUT2D eigenvalue weighted by Gasteiger charge is -2.18. The fraction of sp³-hybridized carbons (Fsp3) is 0.500. The van der Waals surface area contributed by atoms with Crippen molar-refractivity contribution in [2.75, 3.05) is 6.54 Å². The molecule has 2 aromatic rings. The zero-order chi connectivity index (χ0) is 15.1. The monoisotopic (exact) mass is 285 g/mol. The standard InChI is InChI=1S/C14H18F3N3/c1-8(2)10(7-18)13-19-11-6-9(14(15,16)17)4-5-12(11)20(13)3/h4-6,8,10H,7,18H2,1-3H3. The number of rotatable bonds is 3. The summed E-state index contributed by atoms with van der Waals surface area (Å²) >= 11 is 0. The highest BCUT2D eigenvalue weighted by Crippen LogP contribution is 2.32. The number of benzene rings is 1. The van der Waals surface area contributed by atoms with Gasteiger partial charge in [0.05, 0.1) is 16.6 Å².